The molecule has 14 heavy (non-hydrogen) atoms. The smallest absolute Gasteiger partial charge is 0.0963 e. The molecule has 0 bridgehead atoms. The van der Waals surface area contributed by atoms with Gasteiger partial charge in [-0.15, -0.1) is 0 Å². The molecule has 0 unspecified atom stereocenters. The second-order valence-electron chi connectivity index (χ2n) is 3.36. The number of rotatable bonds is 6. The summed E-state index contributed by atoms with van der Waals surface area (Å²) in [5.41, 5.74) is 1.27. The predicted molar refractivity (Wildman–Crippen MR) is 57.9 cm³/mol. The van der Waals surface area contributed by atoms with Crippen LogP contribution < -0.4 is 0 Å². The van der Waals surface area contributed by atoms with Gasteiger partial charge in [0.1, 0.15) is 0 Å². The fourth-order valence-electron chi connectivity index (χ4n) is 1.34. The zero-order valence-corrected chi connectivity index (χ0v) is 8.54. The monoisotopic (exact) mass is 194 g/mol. The minimum atomic E-state index is 0.253. The molecule has 0 heterocycles. The van der Waals surface area contributed by atoms with Crippen molar-refractivity contribution in [2.75, 3.05) is 13.2 Å². The molecule has 1 aliphatic carbocycles. The molecule has 0 aromatic heterocycles. The van der Waals surface area contributed by atoms with E-state index in [1.807, 2.05) is 12.2 Å². The van der Waals surface area contributed by atoms with Crippen LogP contribution in [0.1, 0.15) is 25.7 Å². The van der Waals surface area contributed by atoms with Crippen LogP contribution in [0.2, 0.25) is 0 Å². The minimum Gasteiger partial charge on any atom is -0.498 e. The Morgan fingerprint density at radius 2 is 2.21 bits per heavy atom. The summed E-state index contributed by atoms with van der Waals surface area (Å²) >= 11 is 0. The first-order valence-electron chi connectivity index (χ1n) is 5.12. The van der Waals surface area contributed by atoms with Crippen molar-refractivity contribution in [2.24, 2.45) is 0 Å². The van der Waals surface area contributed by atoms with Gasteiger partial charge < -0.3 is 9.84 Å². The van der Waals surface area contributed by atoms with E-state index in [-0.39, 0.29) is 6.61 Å². The number of hydrogen-bond acceptors (Lipinski definition) is 2. The van der Waals surface area contributed by atoms with Gasteiger partial charge in [0.15, 0.2) is 0 Å². The van der Waals surface area contributed by atoms with Crippen molar-refractivity contribution in [3.05, 3.63) is 36.1 Å². The van der Waals surface area contributed by atoms with Gasteiger partial charge in [0.2, 0.25) is 0 Å². The third-order valence-electron chi connectivity index (χ3n) is 2.25. The second kappa shape index (κ2) is 6.44. The molecule has 1 aliphatic rings. The first kappa shape index (κ1) is 11.1. The summed E-state index contributed by atoms with van der Waals surface area (Å²) in [6.07, 6.45) is 9.69. The summed E-state index contributed by atoms with van der Waals surface area (Å²) < 4.78 is 5.55. The highest BCUT2D eigenvalue weighted by atomic mass is 16.5. The Morgan fingerprint density at radius 1 is 1.36 bits per heavy atom. The summed E-state index contributed by atoms with van der Waals surface area (Å²) in [4.78, 5) is 0. The number of ether oxygens (including phenoxy) is 1. The zero-order valence-electron chi connectivity index (χ0n) is 8.54. The van der Waals surface area contributed by atoms with Crippen molar-refractivity contribution in [3.63, 3.8) is 0 Å². The summed E-state index contributed by atoms with van der Waals surface area (Å²) in [5, 5.41) is 8.58. The van der Waals surface area contributed by atoms with E-state index in [1.54, 1.807) is 0 Å². The fraction of sp³-hybridized carbons (Fsp3) is 0.500. The third-order valence-corrected chi connectivity index (χ3v) is 2.25. The normalized spacial score (nSPS) is 15.8. The Morgan fingerprint density at radius 3 is 2.79 bits per heavy atom. The van der Waals surface area contributed by atoms with Crippen LogP contribution in [0.5, 0.6) is 0 Å². The first-order valence-corrected chi connectivity index (χ1v) is 5.12. The van der Waals surface area contributed by atoms with Crippen molar-refractivity contribution in [1.29, 1.82) is 0 Å². The summed E-state index contributed by atoms with van der Waals surface area (Å²) in [6, 6.07) is 0. The van der Waals surface area contributed by atoms with Crippen LogP contribution in [-0.4, -0.2) is 18.3 Å². The number of unbranched alkanes of at least 4 members (excludes halogenated alkanes) is 1. The molecule has 0 aromatic carbocycles. The lowest BCUT2D eigenvalue weighted by Gasteiger charge is -2.13. The number of aliphatic hydroxyl groups is 1. The molecule has 2 heteroatoms. The SMILES string of the molecule is C=CC1=CC=C(OCCCCO)CC1. The number of allylic oxidation sites excluding steroid dienone is 5. The lowest BCUT2D eigenvalue weighted by atomic mass is 10.0. The molecule has 78 valence electrons. The zero-order chi connectivity index (χ0) is 10.2. The molecule has 0 spiro atoms. The van der Waals surface area contributed by atoms with Gasteiger partial charge in [0.05, 0.1) is 12.4 Å². The van der Waals surface area contributed by atoms with E-state index < -0.39 is 0 Å². The molecular formula is C12H18O2. The van der Waals surface area contributed by atoms with Crippen molar-refractivity contribution in [2.45, 2.75) is 25.7 Å². The molecule has 0 atom stereocenters. The standard InChI is InChI=1S/C12H18O2/c1-2-11-5-7-12(8-6-11)14-10-4-3-9-13/h2,5,7,13H,1,3-4,6,8-10H2. The average Bonchev–Trinajstić information content (AvgIpc) is 2.25. The Kier molecular flexibility index (Phi) is 5.08. The van der Waals surface area contributed by atoms with Gasteiger partial charge >= 0.3 is 0 Å². The molecule has 0 fully saturated rings. The van der Waals surface area contributed by atoms with Crippen LogP contribution in [0.4, 0.5) is 0 Å². The highest BCUT2D eigenvalue weighted by Gasteiger charge is 2.04. The Labute approximate surface area is 85.6 Å². The lowest BCUT2D eigenvalue weighted by molar-refractivity contribution is 0.184. The van der Waals surface area contributed by atoms with Crippen molar-refractivity contribution in [1.82, 2.24) is 0 Å². The Bertz CT molecular complexity index is 239. The summed E-state index contributed by atoms with van der Waals surface area (Å²) in [6.45, 7) is 4.69. The van der Waals surface area contributed by atoms with E-state index in [0.29, 0.717) is 6.61 Å². The van der Waals surface area contributed by atoms with Gasteiger partial charge in [-0.1, -0.05) is 18.7 Å². The van der Waals surface area contributed by atoms with Crippen molar-refractivity contribution in [3.8, 4) is 0 Å². The quantitative estimate of drug-likeness (QED) is 0.658. The largest absolute Gasteiger partial charge is 0.498 e. The molecule has 0 radical (unpaired) electrons. The Hall–Kier alpha value is -1.02. The van der Waals surface area contributed by atoms with Crippen LogP contribution in [0.25, 0.3) is 0 Å². The molecule has 0 aliphatic heterocycles. The Balaban J connectivity index is 2.23. The van der Waals surface area contributed by atoms with E-state index in [1.165, 1.54) is 5.57 Å². The van der Waals surface area contributed by atoms with Crippen molar-refractivity contribution >= 4 is 0 Å². The van der Waals surface area contributed by atoms with Gasteiger partial charge in [0.25, 0.3) is 0 Å². The van der Waals surface area contributed by atoms with Gasteiger partial charge in [-0.25, -0.2) is 0 Å². The topological polar surface area (TPSA) is 29.5 Å². The first-order chi connectivity index (χ1) is 6.86. The van der Waals surface area contributed by atoms with Gasteiger partial charge in [-0.2, -0.15) is 0 Å². The van der Waals surface area contributed by atoms with Gasteiger partial charge in [0, 0.05) is 13.0 Å². The van der Waals surface area contributed by atoms with Gasteiger partial charge in [-0.3, -0.25) is 0 Å². The molecule has 2 nitrogen and oxygen atoms in total. The highest BCUT2D eigenvalue weighted by Crippen LogP contribution is 2.19. The maximum atomic E-state index is 8.58. The molecule has 0 saturated heterocycles. The maximum absolute atomic E-state index is 8.58. The van der Waals surface area contributed by atoms with Crippen LogP contribution >= 0.6 is 0 Å². The van der Waals surface area contributed by atoms with E-state index >= 15 is 0 Å². The van der Waals surface area contributed by atoms with Crippen LogP contribution in [0.15, 0.2) is 36.1 Å². The molecule has 1 rings (SSSR count). The van der Waals surface area contributed by atoms with E-state index in [0.717, 1.165) is 31.4 Å². The molecule has 0 saturated carbocycles. The van der Waals surface area contributed by atoms with Crippen LogP contribution in [-0.2, 0) is 4.74 Å². The number of aliphatic hydroxyl groups excluding tert-OH is 1. The summed E-state index contributed by atoms with van der Waals surface area (Å²) in [7, 11) is 0. The third kappa shape index (κ3) is 3.79. The predicted octanol–water partition coefficient (Wildman–Crippen LogP) is 2.57. The molecule has 1 N–H and O–H groups in total. The second-order valence-corrected chi connectivity index (χ2v) is 3.36. The molecule has 0 aromatic rings. The van der Waals surface area contributed by atoms with E-state index in [4.69, 9.17) is 9.84 Å². The summed E-state index contributed by atoms with van der Waals surface area (Å²) in [5.74, 6) is 1.05. The van der Waals surface area contributed by atoms with Crippen molar-refractivity contribution < 1.29 is 9.84 Å². The van der Waals surface area contributed by atoms with E-state index in [9.17, 15) is 0 Å². The maximum Gasteiger partial charge on any atom is 0.0963 e. The minimum absolute atomic E-state index is 0.253. The van der Waals surface area contributed by atoms with Crippen LogP contribution in [0.3, 0.4) is 0 Å². The van der Waals surface area contributed by atoms with Gasteiger partial charge in [-0.05, 0) is 30.9 Å². The highest BCUT2D eigenvalue weighted by molar-refractivity contribution is 5.27. The molecular weight excluding hydrogens is 176 g/mol. The van der Waals surface area contributed by atoms with Crippen LogP contribution in [0, 0.1) is 0 Å². The average molecular weight is 194 g/mol. The number of hydrogen-bond donors (Lipinski definition) is 1. The lowest BCUT2D eigenvalue weighted by Crippen LogP contribution is -1.99. The molecule has 0 amide bonds. The fourth-order valence-corrected chi connectivity index (χ4v) is 1.34. The van der Waals surface area contributed by atoms with E-state index in [2.05, 4.69) is 12.7 Å².